The molecule has 0 aromatic carbocycles. The zero-order valence-corrected chi connectivity index (χ0v) is 13.8. The Balaban J connectivity index is 3.88. The van der Waals surface area contributed by atoms with E-state index >= 15 is 0 Å². The van der Waals surface area contributed by atoms with Crippen molar-refractivity contribution in [3.05, 3.63) is 0 Å². The first kappa shape index (κ1) is 20.1. The molecule has 0 heterocycles. The zero-order valence-electron chi connectivity index (χ0n) is 12.2. The van der Waals surface area contributed by atoms with Gasteiger partial charge in [0.25, 0.3) is 5.91 Å². The van der Waals surface area contributed by atoms with Gasteiger partial charge in [-0.05, 0) is 31.3 Å². The molecule has 0 aliphatic rings. The second kappa shape index (κ2) is 12.8. The van der Waals surface area contributed by atoms with E-state index in [0.29, 0.717) is 17.2 Å². The third-order valence-corrected chi connectivity index (χ3v) is 4.46. The first-order valence-corrected chi connectivity index (χ1v) is 9.02. The molecule has 9 heteroatoms. The average molecular weight is 337 g/mol. The Kier molecular flexibility index (Phi) is 12.2. The van der Waals surface area contributed by atoms with E-state index in [1.165, 1.54) is 11.8 Å². The molecular weight excluding hydrogens is 314 g/mol. The minimum Gasteiger partial charge on any atom is -0.548 e. The summed E-state index contributed by atoms with van der Waals surface area (Å²) >= 11 is 3.07. The number of carbonyl (C=O) groups excluding carboxylic acids is 2. The molecule has 0 radical (unpaired) electrons. The van der Waals surface area contributed by atoms with Crippen molar-refractivity contribution in [3.8, 4) is 0 Å². The van der Waals surface area contributed by atoms with Gasteiger partial charge in [-0.1, -0.05) is 11.6 Å². The molecule has 5 N–H and O–H groups in total. The number of nitrogens with one attached hydrogen (secondary N) is 1. The lowest BCUT2D eigenvalue weighted by Crippen LogP contribution is -2.69. The Morgan fingerprint density at radius 3 is 2.67 bits per heavy atom. The monoisotopic (exact) mass is 337 g/mol. The Bertz CT molecular complexity index is 353. The van der Waals surface area contributed by atoms with E-state index in [-0.39, 0.29) is 0 Å². The maximum absolute atomic E-state index is 11.5. The van der Waals surface area contributed by atoms with Crippen LogP contribution < -0.4 is 16.2 Å². The van der Waals surface area contributed by atoms with Gasteiger partial charge in [0.1, 0.15) is 5.04 Å². The van der Waals surface area contributed by atoms with Gasteiger partial charge in [0.15, 0.2) is 6.04 Å². The lowest BCUT2D eigenvalue weighted by molar-refractivity contribution is -0.396. The van der Waals surface area contributed by atoms with Crippen LogP contribution in [0.4, 0.5) is 0 Å². The number of carbonyl (C=O) groups is 2. The Labute approximate surface area is 133 Å². The number of quaternary nitrogens is 1. The van der Waals surface area contributed by atoms with Crippen LogP contribution in [-0.4, -0.2) is 52.5 Å². The predicted molar refractivity (Wildman–Crippen MR) is 83.2 cm³/mol. The Hall–Kier alpha value is -0.930. The van der Waals surface area contributed by atoms with Crippen LogP contribution in [0.1, 0.15) is 25.7 Å². The molecule has 0 rings (SSSR count). The van der Waals surface area contributed by atoms with Crippen LogP contribution >= 0.6 is 23.5 Å². The summed E-state index contributed by atoms with van der Waals surface area (Å²) in [5, 5.41) is 25.1. The van der Waals surface area contributed by atoms with E-state index < -0.39 is 24.5 Å². The van der Waals surface area contributed by atoms with Gasteiger partial charge in [0, 0.05) is 0 Å². The molecule has 0 unspecified atom stereocenters. The highest BCUT2D eigenvalue weighted by atomic mass is 32.2. The number of carboxylic acids is 1. The number of hydrogen-bond acceptors (Lipinski definition) is 7. The number of thioether (sulfide) groups is 2. The maximum Gasteiger partial charge on any atom is 0.279 e. The summed E-state index contributed by atoms with van der Waals surface area (Å²) in [4.78, 5) is 21.7. The van der Waals surface area contributed by atoms with Crippen molar-refractivity contribution in [1.82, 2.24) is 5.32 Å². The molecule has 1 amide bonds. The SMILES string of the molecule is CSCCCCC/C(=N\O)SC[C@H]([NH3+])C(=O)NCC(=O)[O-]. The van der Waals surface area contributed by atoms with Crippen molar-refractivity contribution < 1.29 is 25.6 Å². The van der Waals surface area contributed by atoms with E-state index in [4.69, 9.17) is 5.21 Å². The summed E-state index contributed by atoms with van der Waals surface area (Å²) in [5.41, 5.74) is 3.66. The quantitative estimate of drug-likeness (QED) is 0.144. The molecule has 0 fully saturated rings. The van der Waals surface area contributed by atoms with Gasteiger partial charge in [-0.25, -0.2) is 0 Å². The molecule has 1 atom stereocenters. The molecule has 7 nitrogen and oxygen atoms in total. The van der Waals surface area contributed by atoms with Gasteiger partial charge in [-0.3, -0.25) is 4.79 Å². The third kappa shape index (κ3) is 11.4. The second-order valence-corrected chi connectivity index (χ2v) is 6.47. The lowest BCUT2D eigenvalue weighted by Gasteiger charge is -2.10. The van der Waals surface area contributed by atoms with E-state index in [1.54, 1.807) is 11.8 Å². The summed E-state index contributed by atoms with van der Waals surface area (Å²) in [7, 11) is 0. The van der Waals surface area contributed by atoms with Gasteiger partial charge in [-0.2, -0.15) is 11.8 Å². The van der Waals surface area contributed by atoms with Crippen LogP contribution in [0.5, 0.6) is 0 Å². The molecular formula is C12H23N3O4S2. The summed E-state index contributed by atoms with van der Waals surface area (Å²) < 4.78 is 0. The fraction of sp³-hybridized carbons (Fsp3) is 0.750. The predicted octanol–water partition coefficient (Wildman–Crippen LogP) is -1.09. The smallest absolute Gasteiger partial charge is 0.279 e. The molecule has 0 saturated heterocycles. The summed E-state index contributed by atoms with van der Waals surface area (Å²) in [6.45, 7) is -0.522. The number of oxime groups is 1. The van der Waals surface area contributed by atoms with Crippen LogP contribution in [0.25, 0.3) is 0 Å². The van der Waals surface area contributed by atoms with E-state index in [1.807, 2.05) is 0 Å². The lowest BCUT2D eigenvalue weighted by atomic mass is 10.2. The molecule has 0 aliphatic carbocycles. The number of hydrogen-bond donors (Lipinski definition) is 3. The number of amides is 1. The van der Waals surface area contributed by atoms with E-state index in [2.05, 4.69) is 22.5 Å². The standard InChI is InChI=1S/C12H23N3O4S2/c1-20-6-4-2-3-5-10(15-19)21-8-9(13)12(18)14-7-11(16)17/h9,19H,2-8,13H2,1H3,(H,14,18)(H,16,17)/b15-10+/t9-/m0/s1. The minimum absolute atomic E-state index is 0.336. The van der Waals surface area contributed by atoms with Crippen LogP contribution in [0.2, 0.25) is 0 Å². The molecule has 0 aliphatic heterocycles. The van der Waals surface area contributed by atoms with Crippen LogP contribution in [0, 0.1) is 0 Å². The van der Waals surface area contributed by atoms with Crippen LogP contribution in [0.15, 0.2) is 5.16 Å². The van der Waals surface area contributed by atoms with Crippen LogP contribution in [-0.2, 0) is 9.59 Å². The van der Waals surface area contributed by atoms with Gasteiger partial charge < -0.3 is 26.2 Å². The molecule has 0 aromatic rings. The van der Waals surface area contributed by atoms with Crippen molar-refractivity contribution in [1.29, 1.82) is 0 Å². The minimum atomic E-state index is -1.34. The Morgan fingerprint density at radius 1 is 1.38 bits per heavy atom. The van der Waals surface area contributed by atoms with Gasteiger partial charge >= 0.3 is 0 Å². The highest BCUT2D eigenvalue weighted by molar-refractivity contribution is 8.14. The van der Waals surface area contributed by atoms with Gasteiger partial charge in [0.2, 0.25) is 0 Å². The van der Waals surface area contributed by atoms with Crippen LogP contribution in [0.3, 0.4) is 0 Å². The highest BCUT2D eigenvalue weighted by Gasteiger charge is 2.18. The fourth-order valence-corrected chi connectivity index (χ4v) is 2.81. The summed E-state index contributed by atoms with van der Waals surface area (Å²) in [5.74, 6) is -0.337. The number of aliphatic carboxylic acids is 1. The first-order valence-electron chi connectivity index (χ1n) is 6.64. The topological polar surface area (TPSA) is 129 Å². The molecule has 0 aromatic heterocycles. The second-order valence-electron chi connectivity index (χ2n) is 4.39. The maximum atomic E-state index is 11.5. The summed E-state index contributed by atoms with van der Waals surface area (Å²) in [6.07, 6.45) is 5.87. The fourth-order valence-electron chi connectivity index (χ4n) is 1.43. The van der Waals surface area contributed by atoms with E-state index in [9.17, 15) is 14.7 Å². The Morgan fingerprint density at radius 2 is 2.10 bits per heavy atom. The van der Waals surface area contributed by atoms with Crippen molar-refractivity contribution in [3.63, 3.8) is 0 Å². The third-order valence-electron chi connectivity index (χ3n) is 2.58. The number of unbranched alkanes of at least 4 members (excludes halogenated alkanes) is 2. The highest BCUT2D eigenvalue weighted by Crippen LogP contribution is 2.13. The molecule has 21 heavy (non-hydrogen) atoms. The van der Waals surface area contributed by atoms with Crippen molar-refractivity contribution >= 4 is 40.4 Å². The number of carboxylic acid groups (broad SMARTS) is 1. The van der Waals surface area contributed by atoms with Crippen molar-refractivity contribution in [2.24, 2.45) is 5.16 Å². The number of rotatable bonds is 11. The van der Waals surface area contributed by atoms with E-state index in [0.717, 1.165) is 25.0 Å². The molecule has 122 valence electrons. The average Bonchev–Trinajstić information content (AvgIpc) is 2.47. The summed E-state index contributed by atoms with van der Waals surface area (Å²) in [6, 6.07) is -0.609. The number of nitrogens with zero attached hydrogens (tertiary/aromatic N) is 1. The van der Waals surface area contributed by atoms with Crippen molar-refractivity contribution in [2.75, 3.05) is 24.3 Å². The normalized spacial score (nSPS) is 13.0. The molecule has 0 spiro atoms. The van der Waals surface area contributed by atoms with Gasteiger partial charge in [-0.15, -0.1) is 11.8 Å². The molecule has 0 saturated carbocycles. The first-order chi connectivity index (χ1) is 10.0. The van der Waals surface area contributed by atoms with Crippen molar-refractivity contribution in [2.45, 2.75) is 31.7 Å². The zero-order chi connectivity index (χ0) is 16.1. The largest absolute Gasteiger partial charge is 0.548 e. The molecule has 0 bridgehead atoms. The van der Waals surface area contributed by atoms with Gasteiger partial charge in [0.05, 0.1) is 18.3 Å².